The zero-order valence-electron chi connectivity index (χ0n) is 5.52. The van der Waals surface area contributed by atoms with Crippen molar-refractivity contribution in [2.24, 2.45) is 9.98 Å². The van der Waals surface area contributed by atoms with Crippen molar-refractivity contribution in [2.45, 2.75) is 13.8 Å². The van der Waals surface area contributed by atoms with Gasteiger partial charge in [-0.3, -0.25) is 9.98 Å². The van der Waals surface area contributed by atoms with Crippen LogP contribution in [0.3, 0.4) is 0 Å². The van der Waals surface area contributed by atoms with Gasteiger partial charge in [0.2, 0.25) is 0 Å². The number of nitrogens with zero attached hydrogens (tertiary/aromatic N) is 2. The fraction of sp³-hybridized carbons (Fsp3) is 0.667. The van der Waals surface area contributed by atoms with Crippen molar-refractivity contribution in [2.75, 3.05) is 13.1 Å². The normalized spacial score (nSPS) is 11.5. The second kappa shape index (κ2) is 4.50. The van der Waals surface area contributed by atoms with Crippen LogP contribution < -0.4 is 0 Å². The summed E-state index contributed by atoms with van der Waals surface area (Å²) in [5.41, 5.74) is 1.06. The van der Waals surface area contributed by atoms with Crippen LogP contribution in [0.15, 0.2) is 9.98 Å². The number of rotatable bonds is 3. The summed E-state index contributed by atoms with van der Waals surface area (Å²) in [6, 6.07) is 0. The van der Waals surface area contributed by atoms with Crippen LogP contribution in [0.5, 0.6) is 0 Å². The highest BCUT2D eigenvalue weighted by atomic mass is 14.8. The van der Waals surface area contributed by atoms with Crippen molar-refractivity contribution in [3.8, 4) is 0 Å². The molecule has 0 N–H and O–H groups in total. The Bertz CT molecular complexity index is 94.7. The first-order chi connectivity index (χ1) is 3.81. The molecule has 46 valence electrons. The molecule has 0 aliphatic heterocycles. The average Bonchev–Trinajstić information content (AvgIpc) is 1.68. The summed E-state index contributed by atoms with van der Waals surface area (Å²) in [7, 11) is 0. The molecule has 0 bridgehead atoms. The van der Waals surface area contributed by atoms with E-state index in [9.17, 15) is 0 Å². The molecule has 0 aliphatic carbocycles. The van der Waals surface area contributed by atoms with Crippen molar-refractivity contribution < 1.29 is 0 Å². The van der Waals surface area contributed by atoms with Crippen molar-refractivity contribution in [3.05, 3.63) is 0 Å². The zero-order chi connectivity index (χ0) is 6.41. The van der Waals surface area contributed by atoms with E-state index in [0.29, 0.717) is 6.54 Å². The van der Waals surface area contributed by atoms with E-state index in [0.717, 1.165) is 12.3 Å². The summed E-state index contributed by atoms with van der Waals surface area (Å²) in [6.07, 6.45) is 0. The van der Waals surface area contributed by atoms with Gasteiger partial charge in [0, 0.05) is 12.3 Å². The monoisotopic (exact) mass is 112 g/mol. The van der Waals surface area contributed by atoms with E-state index >= 15 is 0 Å². The van der Waals surface area contributed by atoms with E-state index in [2.05, 4.69) is 16.7 Å². The van der Waals surface area contributed by atoms with Gasteiger partial charge >= 0.3 is 0 Å². The molecule has 0 aliphatic rings. The van der Waals surface area contributed by atoms with E-state index in [4.69, 9.17) is 0 Å². The maximum atomic E-state index is 4.10. The fourth-order valence-electron chi connectivity index (χ4n) is 0.482. The van der Waals surface area contributed by atoms with Gasteiger partial charge in [-0.1, -0.05) is 0 Å². The second-order valence-electron chi connectivity index (χ2n) is 1.59. The minimum absolute atomic E-state index is 0.674. The summed E-state index contributed by atoms with van der Waals surface area (Å²) < 4.78 is 0. The lowest BCUT2D eigenvalue weighted by molar-refractivity contribution is 1.10. The van der Waals surface area contributed by atoms with Crippen molar-refractivity contribution >= 4 is 12.4 Å². The summed E-state index contributed by atoms with van der Waals surface area (Å²) >= 11 is 0. The summed E-state index contributed by atoms with van der Waals surface area (Å²) in [5.74, 6) is 0. The molecule has 0 amide bonds. The Labute approximate surface area is 50.4 Å². The topological polar surface area (TPSA) is 24.7 Å². The maximum absolute atomic E-state index is 4.10. The molecule has 0 unspecified atom stereocenters. The minimum atomic E-state index is 0.674. The van der Waals surface area contributed by atoms with Gasteiger partial charge in [0.15, 0.2) is 0 Å². The Kier molecular flexibility index (Phi) is 4.13. The third-order valence-corrected chi connectivity index (χ3v) is 0.769. The molecule has 0 aromatic rings. The lowest BCUT2D eigenvalue weighted by Crippen LogP contribution is -1.95. The number of hydrogen-bond acceptors (Lipinski definition) is 2. The largest absolute Gasteiger partial charge is 0.295 e. The smallest absolute Gasteiger partial charge is 0.0757 e. The Morgan fingerprint density at radius 2 is 2.25 bits per heavy atom. The van der Waals surface area contributed by atoms with Gasteiger partial charge in [-0.25, -0.2) is 0 Å². The molecule has 0 fully saturated rings. The minimum Gasteiger partial charge on any atom is -0.295 e. The van der Waals surface area contributed by atoms with E-state index in [1.807, 2.05) is 13.8 Å². The molecule has 8 heavy (non-hydrogen) atoms. The van der Waals surface area contributed by atoms with Gasteiger partial charge < -0.3 is 0 Å². The third-order valence-electron chi connectivity index (χ3n) is 0.769. The molecule has 0 rings (SSSR count). The van der Waals surface area contributed by atoms with E-state index in [1.54, 1.807) is 0 Å². The molecule has 2 nitrogen and oxygen atoms in total. The molecule has 0 heterocycles. The quantitative estimate of drug-likeness (QED) is 0.489. The number of hydrogen-bond donors (Lipinski definition) is 0. The van der Waals surface area contributed by atoms with E-state index in [-0.39, 0.29) is 0 Å². The Hall–Kier alpha value is -0.660. The van der Waals surface area contributed by atoms with Gasteiger partial charge in [0.05, 0.1) is 6.54 Å². The Morgan fingerprint density at radius 3 is 2.62 bits per heavy atom. The number of aliphatic imine (C=N–C) groups is 2. The average molecular weight is 112 g/mol. The fourth-order valence-corrected chi connectivity index (χ4v) is 0.482. The van der Waals surface area contributed by atoms with Crippen LogP contribution in [0.4, 0.5) is 0 Å². The lowest BCUT2D eigenvalue weighted by Gasteiger charge is -1.89. The Morgan fingerprint density at radius 1 is 1.62 bits per heavy atom. The molecule has 0 atom stereocenters. The van der Waals surface area contributed by atoms with Crippen molar-refractivity contribution in [3.63, 3.8) is 0 Å². The van der Waals surface area contributed by atoms with Gasteiger partial charge in [-0.15, -0.1) is 0 Å². The van der Waals surface area contributed by atoms with Gasteiger partial charge in [0.1, 0.15) is 0 Å². The first kappa shape index (κ1) is 7.34. The van der Waals surface area contributed by atoms with Crippen molar-refractivity contribution in [1.29, 1.82) is 0 Å². The molecule has 0 aromatic heterocycles. The lowest BCUT2D eigenvalue weighted by atomic mass is 10.4. The zero-order valence-corrected chi connectivity index (χ0v) is 5.52. The SMILES string of the molecule is C=NCC(C)=NCC. The summed E-state index contributed by atoms with van der Waals surface area (Å²) in [5, 5.41) is 0. The van der Waals surface area contributed by atoms with Gasteiger partial charge in [0.25, 0.3) is 0 Å². The van der Waals surface area contributed by atoms with Crippen LogP contribution in [-0.4, -0.2) is 25.5 Å². The summed E-state index contributed by atoms with van der Waals surface area (Å²) in [6.45, 7) is 8.84. The van der Waals surface area contributed by atoms with Gasteiger partial charge in [-0.05, 0) is 20.6 Å². The van der Waals surface area contributed by atoms with Crippen LogP contribution in [0.1, 0.15) is 13.8 Å². The molecule has 2 heteroatoms. The first-order valence-corrected chi connectivity index (χ1v) is 2.73. The van der Waals surface area contributed by atoms with Crippen LogP contribution >= 0.6 is 0 Å². The molecular formula is C6H12N2. The van der Waals surface area contributed by atoms with E-state index in [1.165, 1.54) is 0 Å². The van der Waals surface area contributed by atoms with Crippen molar-refractivity contribution in [1.82, 2.24) is 0 Å². The van der Waals surface area contributed by atoms with E-state index < -0.39 is 0 Å². The summed E-state index contributed by atoms with van der Waals surface area (Å²) in [4.78, 5) is 7.77. The molecular weight excluding hydrogens is 100 g/mol. The predicted molar refractivity (Wildman–Crippen MR) is 38.1 cm³/mol. The Balaban J connectivity index is 3.44. The van der Waals surface area contributed by atoms with Crippen LogP contribution in [-0.2, 0) is 0 Å². The highest BCUT2D eigenvalue weighted by Gasteiger charge is 1.81. The van der Waals surface area contributed by atoms with Crippen LogP contribution in [0.25, 0.3) is 0 Å². The maximum Gasteiger partial charge on any atom is 0.0757 e. The van der Waals surface area contributed by atoms with Crippen LogP contribution in [0.2, 0.25) is 0 Å². The van der Waals surface area contributed by atoms with Gasteiger partial charge in [-0.2, -0.15) is 0 Å². The molecule has 0 saturated carbocycles. The first-order valence-electron chi connectivity index (χ1n) is 2.73. The third kappa shape index (κ3) is 3.53. The highest BCUT2D eigenvalue weighted by Crippen LogP contribution is 1.77. The molecule has 0 spiro atoms. The molecule has 0 aromatic carbocycles. The van der Waals surface area contributed by atoms with Crippen LogP contribution in [0, 0.1) is 0 Å². The standard InChI is InChI=1S/C6H12N2/c1-4-8-6(2)5-7-3/h3-5H2,1-2H3. The predicted octanol–water partition coefficient (Wildman–Crippen LogP) is 1.17. The second-order valence-corrected chi connectivity index (χ2v) is 1.59. The molecule has 0 radical (unpaired) electrons. The molecule has 0 saturated heterocycles. The highest BCUT2D eigenvalue weighted by molar-refractivity contribution is 5.84.